The van der Waals surface area contributed by atoms with E-state index in [2.05, 4.69) is 35.9 Å². The van der Waals surface area contributed by atoms with Gasteiger partial charge >= 0.3 is 0 Å². The summed E-state index contributed by atoms with van der Waals surface area (Å²) >= 11 is 0. The first-order valence-electron chi connectivity index (χ1n) is 6.39. The minimum Gasteiger partial charge on any atom is -0.494 e. The van der Waals surface area contributed by atoms with Crippen molar-refractivity contribution in [1.29, 1.82) is 0 Å². The molecule has 0 saturated heterocycles. The number of hydrogen-bond acceptors (Lipinski definition) is 4. The molecule has 1 heterocycles. The minimum absolute atomic E-state index is 0.586. The minimum atomic E-state index is 0.586. The summed E-state index contributed by atoms with van der Waals surface area (Å²) < 4.78 is 5.59. The van der Waals surface area contributed by atoms with Crippen LogP contribution in [-0.4, -0.2) is 16.6 Å². The quantitative estimate of drug-likeness (QED) is 0.914. The van der Waals surface area contributed by atoms with Crippen LogP contribution in [0.2, 0.25) is 0 Å². The summed E-state index contributed by atoms with van der Waals surface area (Å²) in [6, 6.07) is 4.21. The zero-order valence-corrected chi connectivity index (χ0v) is 11.6. The number of nitrogens with two attached hydrogens (primary N) is 1. The normalized spacial score (nSPS) is 10.5. The van der Waals surface area contributed by atoms with Crippen molar-refractivity contribution in [2.45, 2.75) is 27.2 Å². The van der Waals surface area contributed by atoms with Crippen molar-refractivity contribution in [3.8, 4) is 5.75 Å². The summed E-state index contributed by atoms with van der Waals surface area (Å²) in [6.07, 6.45) is 3.98. The van der Waals surface area contributed by atoms with Gasteiger partial charge in [-0.05, 0) is 43.5 Å². The van der Waals surface area contributed by atoms with E-state index in [1.807, 2.05) is 6.92 Å². The SMILES string of the molecule is CCOc1cc(C)c(Cc2ncc(N)cn2)cc1C. The summed E-state index contributed by atoms with van der Waals surface area (Å²) in [5.41, 5.74) is 9.71. The summed E-state index contributed by atoms with van der Waals surface area (Å²) in [5.74, 6) is 1.72. The molecule has 100 valence electrons. The first-order valence-corrected chi connectivity index (χ1v) is 6.39. The molecule has 2 N–H and O–H groups in total. The average Bonchev–Trinajstić information content (AvgIpc) is 2.38. The van der Waals surface area contributed by atoms with E-state index in [-0.39, 0.29) is 0 Å². The Morgan fingerprint density at radius 2 is 1.79 bits per heavy atom. The Bertz CT molecular complexity index is 564. The van der Waals surface area contributed by atoms with Gasteiger partial charge in [0.1, 0.15) is 11.6 Å². The lowest BCUT2D eigenvalue weighted by molar-refractivity contribution is 0.337. The number of benzene rings is 1. The maximum absolute atomic E-state index is 5.59. The fraction of sp³-hybridized carbons (Fsp3) is 0.333. The first-order chi connectivity index (χ1) is 9.10. The molecule has 0 amide bonds. The van der Waals surface area contributed by atoms with E-state index in [0.29, 0.717) is 18.7 Å². The van der Waals surface area contributed by atoms with Crippen LogP contribution in [0.4, 0.5) is 5.69 Å². The molecule has 0 aliphatic carbocycles. The molecule has 0 fully saturated rings. The van der Waals surface area contributed by atoms with E-state index in [4.69, 9.17) is 10.5 Å². The Balaban J connectivity index is 2.25. The fourth-order valence-corrected chi connectivity index (χ4v) is 1.98. The predicted molar refractivity (Wildman–Crippen MR) is 76.3 cm³/mol. The molecule has 0 aliphatic rings. The molecule has 1 aromatic carbocycles. The second kappa shape index (κ2) is 5.69. The van der Waals surface area contributed by atoms with Crippen LogP contribution in [0.3, 0.4) is 0 Å². The van der Waals surface area contributed by atoms with Gasteiger partial charge in [0.05, 0.1) is 24.7 Å². The second-order valence-corrected chi connectivity index (χ2v) is 4.59. The molecule has 4 heteroatoms. The van der Waals surface area contributed by atoms with Gasteiger partial charge in [-0.3, -0.25) is 0 Å². The van der Waals surface area contributed by atoms with Crippen LogP contribution < -0.4 is 10.5 Å². The van der Waals surface area contributed by atoms with E-state index < -0.39 is 0 Å². The summed E-state index contributed by atoms with van der Waals surface area (Å²) in [4.78, 5) is 8.47. The summed E-state index contributed by atoms with van der Waals surface area (Å²) in [5, 5.41) is 0. The molecule has 4 nitrogen and oxygen atoms in total. The third-order valence-corrected chi connectivity index (χ3v) is 3.01. The molecular weight excluding hydrogens is 238 g/mol. The largest absolute Gasteiger partial charge is 0.494 e. The van der Waals surface area contributed by atoms with Crippen molar-refractivity contribution in [2.24, 2.45) is 0 Å². The van der Waals surface area contributed by atoms with Gasteiger partial charge in [-0.2, -0.15) is 0 Å². The van der Waals surface area contributed by atoms with E-state index in [9.17, 15) is 0 Å². The van der Waals surface area contributed by atoms with Gasteiger partial charge in [-0.1, -0.05) is 6.07 Å². The maximum atomic E-state index is 5.59. The Morgan fingerprint density at radius 3 is 2.42 bits per heavy atom. The standard InChI is InChI=1S/C15H19N3O/c1-4-19-14-6-10(2)12(5-11(14)3)7-15-17-8-13(16)9-18-15/h5-6,8-9H,4,7,16H2,1-3H3. The topological polar surface area (TPSA) is 61.0 Å². The lowest BCUT2D eigenvalue weighted by Gasteiger charge is -2.12. The van der Waals surface area contributed by atoms with Crippen LogP contribution in [0.1, 0.15) is 29.4 Å². The Labute approximate surface area is 113 Å². The Kier molecular flexibility index (Phi) is 4.00. The van der Waals surface area contributed by atoms with Gasteiger partial charge in [0.2, 0.25) is 0 Å². The molecule has 19 heavy (non-hydrogen) atoms. The number of rotatable bonds is 4. The van der Waals surface area contributed by atoms with Crippen LogP contribution in [0.15, 0.2) is 24.5 Å². The molecule has 2 aromatic rings. The van der Waals surface area contributed by atoms with Gasteiger partial charge < -0.3 is 10.5 Å². The van der Waals surface area contributed by atoms with Crippen molar-refractivity contribution >= 4 is 5.69 Å². The van der Waals surface area contributed by atoms with Crippen molar-refractivity contribution < 1.29 is 4.74 Å². The highest BCUT2D eigenvalue weighted by atomic mass is 16.5. The zero-order valence-electron chi connectivity index (χ0n) is 11.6. The van der Waals surface area contributed by atoms with Crippen molar-refractivity contribution in [1.82, 2.24) is 9.97 Å². The molecule has 1 aromatic heterocycles. The molecular formula is C15H19N3O. The molecule has 0 bridgehead atoms. The van der Waals surface area contributed by atoms with Crippen LogP contribution >= 0.6 is 0 Å². The highest BCUT2D eigenvalue weighted by Crippen LogP contribution is 2.24. The average molecular weight is 257 g/mol. The van der Waals surface area contributed by atoms with Gasteiger partial charge in [0, 0.05) is 6.42 Å². The third-order valence-electron chi connectivity index (χ3n) is 3.01. The molecule has 0 aliphatic heterocycles. The zero-order chi connectivity index (χ0) is 13.8. The highest BCUT2D eigenvalue weighted by Gasteiger charge is 2.07. The number of aromatic nitrogens is 2. The monoisotopic (exact) mass is 257 g/mol. The van der Waals surface area contributed by atoms with Crippen LogP contribution in [-0.2, 0) is 6.42 Å². The van der Waals surface area contributed by atoms with Crippen LogP contribution in [0.5, 0.6) is 5.75 Å². The van der Waals surface area contributed by atoms with Gasteiger partial charge in [-0.15, -0.1) is 0 Å². The number of nitrogens with zero attached hydrogens (tertiary/aromatic N) is 2. The summed E-state index contributed by atoms with van der Waals surface area (Å²) in [6.45, 7) is 6.80. The van der Waals surface area contributed by atoms with E-state index in [0.717, 1.165) is 17.1 Å². The van der Waals surface area contributed by atoms with E-state index in [1.165, 1.54) is 11.1 Å². The van der Waals surface area contributed by atoms with Gasteiger partial charge in [-0.25, -0.2) is 9.97 Å². The van der Waals surface area contributed by atoms with E-state index in [1.54, 1.807) is 12.4 Å². The van der Waals surface area contributed by atoms with Crippen LogP contribution in [0, 0.1) is 13.8 Å². The number of ether oxygens (including phenoxy) is 1. The van der Waals surface area contributed by atoms with Crippen molar-refractivity contribution in [3.05, 3.63) is 47.0 Å². The molecule has 0 radical (unpaired) electrons. The fourth-order valence-electron chi connectivity index (χ4n) is 1.98. The maximum Gasteiger partial charge on any atom is 0.132 e. The number of nitrogen functional groups attached to an aromatic ring is 1. The number of aryl methyl sites for hydroxylation is 2. The van der Waals surface area contributed by atoms with Gasteiger partial charge in [0.15, 0.2) is 0 Å². The summed E-state index contributed by atoms with van der Waals surface area (Å²) in [7, 11) is 0. The van der Waals surface area contributed by atoms with Crippen molar-refractivity contribution in [3.63, 3.8) is 0 Å². The molecule has 0 saturated carbocycles. The Morgan fingerprint density at radius 1 is 1.11 bits per heavy atom. The molecule has 0 unspecified atom stereocenters. The first kappa shape index (κ1) is 13.3. The lowest BCUT2D eigenvalue weighted by Crippen LogP contribution is -2.01. The smallest absolute Gasteiger partial charge is 0.132 e. The predicted octanol–water partition coefficient (Wildman–Crippen LogP) is 2.67. The van der Waals surface area contributed by atoms with E-state index >= 15 is 0 Å². The Hall–Kier alpha value is -2.10. The third kappa shape index (κ3) is 3.22. The van der Waals surface area contributed by atoms with Crippen LogP contribution in [0.25, 0.3) is 0 Å². The lowest BCUT2D eigenvalue weighted by atomic mass is 10.0. The molecule has 2 rings (SSSR count). The number of hydrogen-bond donors (Lipinski definition) is 1. The number of anilines is 1. The van der Waals surface area contributed by atoms with Crippen molar-refractivity contribution in [2.75, 3.05) is 12.3 Å². The highest BCUT2D eigenvalue weighted by molar-refractivity contribution is 5.42. The van der Waals surface area contributed by atoms with Gasteiger partial charge in [0.25, 0.3) is 0 Å². The molecule has 0 atom stereocenters. The molecule has 0 spiro atoms. The second-order valence-electron chi connectivity index (χ2n) is 4.59.